The second-order valence-electron chi connectivity index (χ2n) is 16.0. The number of fused-ring (bicyclic) bond motifs is 2. The molecule has 2 N–H and O–H groups in total. The van der Waals surface area contributed by atoms with Gasteiger partial charge in [-0.3, -0.25) is 19.7 Å². The van der Waals surface area contributed by atoms with Crippen LogP contribution in [0.1, 0.15) is 92.6 Å². The number of amides is 1. The topological polar surface area (TPSA) is 179 Å². The molecule has 1 saturated carbocycles. The number of non-ortho nitro benzene ring substituents is 1. The highest BCUT2D eigenvalue weighted by Crippen LogP contribution is 2.62. The zero-order valence-corrected chi connectivity index (χ0v) is 36.4. The zero-order chi connectivity index (χ0) is 44.9. The number of oxime groups is 1. The summed E-state index contributed by atoms with van der Waals surface area (Å²) in [6, 6.07) is 16.0. The van der Waals surface area contributed by atoms with E-state index in [1.165, 1.54) is 25.3 Å². The molecule has 1 heterocycles. The van der Waals surface area contributed by atoms with Gasteiger partial charge in [0.05, 0.1) is 35.8 Å². The number of carbonyl (C=O) groups excluding carboxylic acids is 2. The fraction of sp³-hybridized carbons (Fsp3) is 0.449. The molecule has 6 atom stereocenters. The van der Waals surface area contributed by atoms with Crippen molar-refractivity contribution in [2.45, 2.75) is 83.0 Å². The molecule has 0 radical (unpaired) electrons. The number of hydrogen-bond acceptors (Lipinski definition) is 12. The molecule has 336 valence electrons. The maximum absolute atomic E-state index is 14.6. The van der Waals surface area contributed by atoms with Crippen LogP contribution in [-0.2, 0) is 14.4 Å². The predicted molar refractivity (Wildman–Crippen MR) is 239 cm³/mol. The third-order valence-corrected chi connectivity index (χ3v) is 12.2. The Morgan fingerprint density at radius 3 is 2.43 bits per heavy atom. The number of nitrogens with zero attached hydrogens (tertiary/aromatic N) is 3. The van der Waals surface area contributed by atoms with Gasteiger partial charge in [0.1, 0.15) is 35.6 Å². The number of nitro benzene ring substituents is 1. The molecule has 0 saturated heterocycles. The molecule has 0 spiro atoms. The molecular formula is C49H59N3O11. The number of ether oxygens (including phenoxy) is 4. The van der Waals surface area contributed by atoms with Gasteiger partial charge < -0.3 is 38.9 Å². The molecule has 2 aliphatic carbocycles. The zero-order valence-electron chi connectivity index (χ0n) is 36.4. The van der Waals surface area contributed by atoms with Gasteiger partial charge in [-0.05, 0) is 117 Å². The summed E-state index contributed by atoms with van der Waals surface area (Å²) >= 11 is 0. The first kappa shape index (κ1) is 46.7. The lowest BCUT2D eigenvalue weighted by atomic mass is 9.55. The smallest absolute Gasteiger partial charge is 0.269 e. The van der Waals surface area contributed by atoms with E-state index in [0.29, 0.717) is 72.3 Å². The SMILES string of the molecule is C=CCO[C@@]12Oc3ccc(Oc4ccc(OC)c(C=O)c4)cc3[C@H]3[C@H](CCCCO)[C@@H](CCCCO)C=C(C(=NOCC)C[C@@H]1N(CCC)C(=O)C=Cc1ccc([N+](=O)[O-])cc1)[C@H]32. The van der Waals surface area contributed by atoms with Crippen LogP contribution in [0, 0.1) is 27.9 Å². The number of aliphatic hydroxyl groups is 2. The summed E-state index contributed by atoms with van der Waals surface area (Å²) in [5.41, 5.74) is 3.40. The number of unbranched alkanes of at least 4 members (excludes halogenated alkanes) is 2. The van der Waals surface area contributed by atoms with Gasteiger partial charge >= 0.3 is 0 Å². The normalized spacial score (nSPS) is 22.9. The molecule has 0 aromatic heterocycles. The van der Waals surface area contributed by atoms with Gasteiger partial charge in [0.25, 0.3) is 5.69 Å². The van der Waals surface area contributed by atoms with Crippen molar-refractivity contribution < 1.29 is 48.5 Å². The summed E-state index contributed by atoms with van der Waals surface area (Å²) in [6.07, 6.45) is 13.0. The summed E-state index contributed by atoms with van der Waals surface area (Å²) in [6.45, 7) is 8.79. The van der Waals surface area contributed by atoms with E-state index in [1.54, 1.807) is 47.4 Å². The lowest BCUT2D eigenvalue weighted by Crippen LogP contribution is -2.70. The fourth-order valence-electron chi connectivity index (χ4n) is 9.49. The molecule has 14 nitrogen and oxygen atoms in total. The van der Waals surface area contributed by atoms with E-state index in [9.17, 15) is 29.9 Å². The van der Waals surface area contributed by atoms with Crippen molar-refractivity contribution in [1.82, 2.24) is 4.90 Å². The molecule has 3 aromatic rings. The number of aldehydes is 1. The van der Waals surface area contributed by atoms with Crippen LogP contribution in [0.3, 0.4) is 0 Å². The molecule has 0 unspecified atom stereocenters. The van der Waals surface area contributed by atoms with Gasteiger partial charge in [0, 0.05) is 55.9 Å². The van der Waals surface area contributed by atoms with Crippen LogP contribution < -0.4 is 14.2 Å². The molecule has 0 bridgehead atoms. The first-order chi connectivity index (χ1) is 30.7. The highest BCUT2D eigenvalue weighted by molar-refractivity contribution is 6.03. The monoisotopic (exact) mass is 865 g/mol. The fourth-order valence-corrected chi connectivity index (χ4v) is 9.49. The molecule has 1 aliphatic heterocycles. The molecule has 3 aliphatic rings. The first-order valence-corrected chi connectivity index (χ1v) is 21.9. The van der Waals surface area contributed by atoms with E-state index in [4.69, 9.17) is 28.9 Å². The van der Waals surface area contributed by atoms with Crippen LogP contribution in [0.2, 0.25) is 0 Å². The third kappa shape index (κ3) is 10.4. The Morgan fingerprint density at radius 2 is 1.76 bits per heavy atom. The third-order valence-electron chi connectivity index (χ3n) is 12.2. The van der Waals surface area contributed by atoms with Crippen LogP contribution in [0.5, 0.6) is 23.0 Å². The van der Waals surface area contributed by atoms with Gasteiger partial charge in [-0.2, -0.15) is 0 Å². The molecule has 1 amide bonds. The highest BCUT2D eigenvalue weighted by Gasteiger charge is 2.65. The summed E-state index contributed by atoms with van der Waals surface area (Å²) in [7, 11) is 1.50. The summed E-state index contributed by atoms with van der Waals surface area (Å²) in [5.74, 6) is -0.524. The van der Waals surface area contributed by atoms with Crippen LogP contribution >= 0.6 is 0 Å². The Kier molecular flexibility index (Phi) is 16.3. The van der Waals surface area contributed by atoms with Gasteiger partial charge in [-0.1, -0.05) is 37.1 Å². The van der Waals surface area contributed by atoms with E-state index >= 15 is 0 Å². The summed E-state index contributed by atoms with van der Waals surface area (Å²) < 4.78 is 26.1. The van der Waals surface area contributed by atoms with Crippen LogP contribution in [0.4, 0.5) is 5.69 Å². The second kappa shape index (κ2) is 22.0. The molecule has 6 rings (SSSR count). The van der Waals surface area contributed by atoms with Crippen LogP contribution in [0.25, 0.3) is 6.08 Å². The minimum atomic E-state index is -1.45. The van der Waals surface area contributed by atoms with Gasteiger partial charge in [-0.15, -0.1) is 6.58 Å². The van der Waals surface area contributed by atoms with Gasteiger partial charge in [0.2, 0.25) is 11.7 Å². The minimum absolute atomic E-state index is 0.000653. The molecule has 1 fully saturated rings. The lowest BCUT2D eigenvalue weighted by molar-refractivity contribution is -0.384. The molecule has 14 heteroatoms. The van der Waals surface area contributed by atoms with Crippen molar-refractivity contribution in [3.8, 4) is 23.0 Å². The van der Waals surface area contributed by atoms with Crippen molar-refractivity contribution in [3.63, 3.8) is 0 Å². The largest absolute Gasteiger partial charge is 0.496 e. The predicted octanol–water partition coefficient (Wildman–Crippen LogP) is 8.81. The van der Waals surface area contributed by atoms with E-state index in [0.717, 1.165) is 43.1 Å². The van der Waals surface area contributed by atoms with E-state index in [1.807, 2.05) is 32.0 Å². The van der Waals surface area contributed by atoms with E-state index in [-0.39, 0.29) is 55.6 Å². The standard InChI is InChI=1S/C49H59N3O11/c1-5-24-51(46(56)23-16-33-14-17-36(18-15-33)52(57)58)45-31-42(50-61-7-3)40-29-34(12-8-10-25-53)39(13-9-11-26-54)47-41-30-38(62-37-19-21-43(59-4)35(28-37)32-55)20-22-44(41)63-49(45,48(40)47)60-27-6-2/h6,14-23,28-30,32,34,39,45,47-48,53-54H,2,5,7-13,24-27,31H2,1,3-4H3/t34-,39+,45-,47+,48+,49+/m0/s1. The molecular weight excluding hydrogens is 807 g/mol. The number of rotatable bonds is 23. The maximum Gasteiger partial charge on any atom is 0.269 e. The summed E-state index contributed by atoms with van der Waals surface area (Å²) in [5, 5.41) is 35.9. The van der Waals surface area contributed by atoms with Crippen molar-refractivity contribution >= 4 is 29.7 Å². The molecule has 3 aromatic carbocycles. The Bertz CT molecular complexity index is 2170. The number of hydrogen-bond donors (Lipinski definition) is 2. The molecule has 63 heavy (non-hydrogen) atoms. The van der Waals surface area contributed by atoms with Gasteiger partial charge in [-0.25, -0.2) is 0 Å². The number of aliphatic hydroxyl groups excluding tert-OH is 2. The van der Waals surface area contributed by atoms with E-state index in [2.05, 4.69) is 12.7 Å². The summed E-state index contributed by atoms with van der Waals surface area (Å²) in [4.78, 5) is 45.0. The Morgan fingerprint density at radius 1 is 1.03 bits per heavy atom. The first-order valence-electron chi connectivity index (χ1n) is 21.9. The number of allylic oxidation sites excluding steroid dienone is 1. The van der Waals surface area contributed by atoms with Crippen molar-refractivity contribution in [3.05, 3.63) is 118 Å². The van der Waals surface area contributed by atoms with Gasteiger partial charge in [0.15, 0.2) is 6.29 Å². The quantitative estimate of drug-likeness (QED) is 0.0232. The van der Waals surface area contributed by atoms with Crippen molar-refractivity contribution in [2.75, 3.05) is 40.1 Å². The lowest BCUT2D eigenvalue weighted by Gasteiger charge is -2.60. The van der Waals surface area contributed by atoms with Crippen LogP contribution in [-0.4, -0.2) is 89.9 Å². The number of nitro groups is 1. The minimum Gasteiger partial charge on any atom is -0.496 e. The second-order valence-corrected chi connectivity index (χ2v) is 16.0. The Balaban J connectivity index is 1.55. The van der Waals surface area contributed by atoms with Crippen molar-refractivity contribution in [1.29, 1.82) is 0 Å². The Hall–Kier alpha value is -5.83. The average Bonchev–Trinajstić information content (AvgIpc) is 3.30. The van der Waals surface area contributed by atoms with E-state index < -0.39 is 22.7 Å². The highest BCUT2D eigenvalue weighted by atomic mass is 16.7. The van der Waals surface area contributed by atoms with Crippen molar-refractivity contribution in [2.24, 2.45) is 22.9 Å². The average molecular weight is 866 g/mol. The Labute approximate surface area is 369 Å². The van der Waals surface area contributed by atoms with Crippen LogP contribution in [0.15, 0.2) is 96.2 Å². The maximum atomic E-state index is 14.6. The number of carbonyl (C=O) groups is 2. The number of methoxy groups -OCH3 is 1. The number of benzene rings is 3.